The number of carbonyl (C=O) groups excluding carboxylic acids is 2. The molecule has 0 radical (unpaired) electrons. The molecule has 2 amide bonds. The van der Waals surface area contributed by atoms with Gasteiger partial charge in [-0.05, 0) is 30.3 Å². The highest BCUT2D eigenvalue weighted by Gasteiger charge is 2.36. The summed E-state index contributed by atoms with van der Waals surface area (Å²) in [5.74, 6) is 0.134. The predicted molar refractivity (Wildman–Crippen MR) is 121 cm³/mol. The summed E-state index contributed by atoms with van der Waals surface area (Å²) >= 11 is 0. The summed E-state index contributed by atoms with van der Waals surface area (Å²) in [6.07, 6.45) is 0.320. The zero-order valence-corrected chi connectivity index (χ0v) is 18.8. The number of halogens is 1. The van der Waals surface area contributed by atoms with E-state index in [1.54, 1.807) is 25.4 Å². The maximum absolute atomic E-state index is 15.0. The van der Waals surface area contributed by atoms with Crippen LogP contribution in [0, 0.1) is 5.82 Å². The van der Waals surface area contributed by atoms with Gasteiger partial charge in [-0.1, -0.05) is 0 Å². The van der Waals surface area contributed by atoms with E-state index in [2.05, 4.69) is 14.8 Å². The second-order valence-electron chi connectivity index (χ2n) is 8.20. The summed E-state index contributed by atoms with van der Waals surface area (Å²) in [6.45, 7) is 5.73. The largest absolute Gasteiger partial charge is 0.423 e. The van der Waals surface area contributed by atoms with Crippen molar-refractivity contribution in [3.05, 3.63) is 42.3 Å². The molecular formula is C23H28FN5O4. The maximum atomic E-state index is 15.0. The van der Waals surface area contributed by atoms with Gasteiger partial charge in [0.25, 0.3) is 0 Å². The Morgan fingerprint density at radius 1 is 1.24 bits per heavy atom. The zero-order chi connectivity index (χ0) is 23.5. The molecule has 9 nitrogen and oxygen atoms in total. The molecule has 3 heterocycles. The summed E-state index contributed by atoms with van der Waals surface area (Å²) in [7, 11) is 1.55. The quantitative estimate of drug-likeness (QED) is 0.707. The topological polar surface area (TPSA) is 89.5 Å². The monoisotopic (exact) mass is 457 g/mol. The number of cyclic esters (lactones) is 1. The molecule has 1 N–H and O–H groups in total. The van der Waals surface area contributed by atoms with Gasteiger partial charge in [0.1, 0.15) is 11.6 Å². The van der Waals surface area contributed by atoms with E-state index in [1.165, 1.54) is 22.8 Å². The molecule has 0 bridgehead atoms. The Morgan fingerprint density at radius 3 is 2.61 bits per heavy atom. The molecule has 2 fully saturated rings. The lowest BCUT2D eigenvalue weighted by Gasteiger charge is -2.35. The number of β-amino-alcohol motifs (C(OH)–C–C–N with tert-alkyl or cyclic N) is 1. The first-order valence-electron chi connectivity index (χ1n) is 10.9. The SMILES string of the molecule is CC(=O)N(C)[C@@H]1CN(c2ccc(-c3ccc(N4CCN(CCO)CC4)nc3)c(F)c2)C(=O)O1. The summed E-state index contributed by atoms with van der Waals surface area (Å²) in [5.41, 5.74) is 1.39. The number of aromatic nitrogens is 1. The van der Waals surface area contributed by atoms with Gasteiger partial charge in [0.05, 0.1) is 18.8 Å². The van der Waals surface area contributed by atoms with E-state index in [9.17, 15) is 14.0 Å². The van der Waals surface area contributed by atoms with Crippen LogP contribution in [0.5, 0.6) is 0 Å². The van der Waals surface area contributed by atoms with E-state index >= 15 is 0 Å². The number of aliphatic hydroxyl groups excluding tert-OH is 1. The van der Waals surface area contributed by atoms with Gasteiger partial charge in [-0.15, -0.1) is 0 Å². The van der Waals surface area contributed by atoms with Crippen molar-refractivity contribution < 1.29 is 23.8 Å². The number of piperazine rings is 1. The summed E-state index contributed by atoms with van der Waals surface area (Å²) in [6, 6.07) is 8.28. The first-order valence-corrected chi connectivity index (χ1v) is 10.9. The number of nitrogens with zero attached hydrogens (tertiary/aromatic N) is 5. The molecule has 2 aliphatic rings. The molecule has 1 aromatic heterocycles. The number of aliphatic hydroxyl groups is 1. The fraction of sp³-hybridized carbons (Fsp3) is 0.435. The average Bonchev–Trinajstić information content (AvgIpc) is 3.21. The van der Waals surface area contributed by atoms with Crippen LogP contribution in [-0.4, -0.2) is 91.0 Å². The number of hydrogen-bond donors (Lipinski definition) is 1. The van der Waals surface area contributed by atoms with Crippen molar-refractivity contribution in [2.24, 2.45) is 0 Å². The molecule has 0 spiro atoms. The van der Waals surface area contributed by atoms with E-state index in [-0.39, 0.29) is 19.1 Å². The van der Waals surface area contributed by atoms with Crippen LogP contribution in [0.15, 0.2) is 36.5 Å². The highest BCUT2D eigenvalue weighted by atomic mass is 19.1. The molecular weight excluding hydrogens is 429 g/mol. The number of likely N-dealkylation sites (N-methyl/N-ethyl adjacent to an activating group) is 1. The number of benzene rings is 1. The van der Waals surface area contributed by atoms with Gasteiger partial charge < -0.3 is 19.6 Å². The molecule has 0 unspecified atom stereocenters. The smallest absolute Gasteiger partial charge is 0.416 e. The van der Waals surface area contributed by atoms with Gasteiger partial charge >= 0.3 is 6.09 Å². The molecule has 2 aromatic rings. The number of rotatable bonds is 6. The van der Waals surface area contributed by atoms with Crippen molar-refractivity contribution in [2.45, 2.75) is 13.2 Å². The lowest BCUT2D eigenvalue weighted by atomic mass is 10.1. The standard InChI is InChI=1S/C23H28FN5O4/c1-16(31)26(2)22-15-29(23(32)33-22)18-4-5-19(20(24)13-18)17-3-6-21(25-14-17)28-9-7-27(8-10-28)11-12-30/h3-6,13-14,22,30H,7-12,15H2,1-2H3/t22-/m0/s1. The fourth-order valence-corrected chi connectivity index (χ4v) is 4.04. The highest BCUT2D eigenvalue weighted by Crippen LogP contribution is 2.30. The minimum Gasteiger partial charge on any atom is -0.423 e. The third-order valence-electron chi connectivity index (χ3n) is 6.16. The summed E-state index contributed by atoms with van der Waals surface area (Å²) in [4.78, 5) is 35.3. The third-order valence-corrected chi connectivity index (χ3v) is 6.16. The van der Waals surface area contributed by atoms with E-state index < -0.39 is 18.1 Å². The Kier molecular flexibility index (Phi) is 6.75. The average molecular weight is 458 g/mol. The molecule has 1 atom stereocenters. The first kappa shape index (κ1) is 22.9. The number of pyridine rings is 1. The Balaban J connectivity index is 1.44. The van der Waals surface area contributed by atoms with Crippen LogP contribution in [0.2, 0.25) is 0 Å². The van der Waals surface area contributed by atoms with Gasteiger partial charge in [-0.25, -0.2) is 14.2 Å². The normalized spacial score (nSPS) is 19.0. The fourth-order valence-electron chi connectivity index (χ4n) is 4.04. The van der Waals surface area contributed by atoms with E-state index in [0.29, 0.717) is 23.4 Å². The van der Waals surface area contributed by atoms with Crippen LogP contribution in [0.4, 0.5) is 20.7 Å². The molecule has 0 saturated carbocycles. The summed E-state index contributed by atoms with van der Waals surface area (Å²) in [5, 5.41) is 9.07. The van der Waals surface area contributed by atoms with Crippen LogP contribution in [0.1, 0.15) is 6.92 Å². The van der Waals surface area contributed by atoms with Gasteiger partial charge in [-0.2, -0.15) is 0 Å². The molecule has 176 valence electrons. The van der Waals surface area contributed by atoms with Gasteiger partial charge in [0.15, 0.2) is 6.23 Å². The molecule has 0 aliphatic carbocycles. The summed E-state index contributed by atoms with van der Waals surface area (Å²) < 4.78 is 20.2. The van der Waals surface area contributed by atoms with Crippen molar-refractivity contribution >= 4 is 23.5 Å². The lowest BCUT2D eigenvalue weighted by molar-refractivity contribution is -0.134. The maximum Gasteiger partial charge on any atom is 0.416 e. The van der Waals surface area contributed by atoms with E-state index in [0.717, 1.165) is 32.0 Å². The number of hydrogen-bond acceptors (Lipinski definition) is 7. The van der Waals surface area contributed by atoms with Crippen molar-refractivity contribution in [2.75, 3.05) is 62.7 Å². The van der Waals surface area contributed by atoms with Crippen LogP contribution in [-0.2, 0) is 9.53 Å². The van der Waals surface area contributed by atoms with Crippen molar-refractivity contribution in [3.8, 4) is 11.1 Å². The van der Waals surface area contributed by atoms with E-state index in [1.807, 2.05) is 12.1 Å². The van der Waals surface area contributed by atoms with Crippen LogP contribution in [0.3, 0.4) is 0 Å². The second kappa shape index (κ2) is 9.72. The zero-order valence-electron chi connectivity index (χ0n) is 18.8. The molecule has 2 saturated heterocycles. The Bertz CT molecular complexity index is 1010. The minimum atomic E-state index is -0.708. The molecule has 33 heavy (non-hydrogen) atoms. The minimum absolute atomic E-state index is 0.134. The number of ether oxygens (including phenoxy) is 1. The Morgan fingerprint density at radius 2 is 2.00 bits per heavy atom. The number of carbonyl (C=O) groups is 2. The highest BCUT2D eigenvalue weighted by molar-refractivity contribution is 5.90. The number of amides is 2. The molecule has 1 aromatic carbocycles. The van der Waals surface area contributed by atoms with E-state index in [4.69, 9.17) is 9.84 Å². The van der Waals surface area contributed by atoms with Crippen molar-refractivity contribution in [3.63, 3.8) is 0 Å². The molecule has 2 aliphatic heterocycles. The molecule has 4 rings (SSSR count). The van der Waals surface area contributed by atoms with Crippen LogP contribution in [0.25, 0.3) is 11.1 Å². The van der Waals surface area contributed by atoms with Crippen molar-refractivity contribution in [1.29, 1.82) is 0 Å². The Labute approximate surface area is 192 Å². The lowest BCUT2D eigenvalue weighted by Crippen LogP contribution is -2.47. The van der Waals surface area contributed by atoms with Gasteiger partial charge in [0.2, 0.25) is 5.91 Å². The van der Waals surface area contributed by atoms with Gasteiger partial charge in [-0.3, -0.25) is 14.6 Å². The van der Waals surface area contributed by atoms with Crippen molar-refractivity contribution in [1.82, 2.24) is 14.8 Å². The predicted octanol–water partition coefficient (Wildman–Crippen LogP) is 1.76. The second-order valence-corrected chi connectivity index (χ2v) is 8.20. The van der Waals surface area contributed by atoms with Gasteiger partial charge in [0, 0.05) is 64.0 Å². The number of anilines is 2. The van der Waals surface area contributed by atoms with Crippen LogP contribution >= 0.6 is 0 Å². The first-order chi connectivity index (χ1) is 15.9. The van der Waals surface area contributed by atoms with Crippen LogP contribution < -0.4 is 9.80 Å². The molecule has 10 heteroatoms. The Hall–Kier alpha value is -3.24. The third kappa shape index (κ3) is 4.91.